The molecule has 2 nitrogen and oxygen atoms in total. The number of fused-ring (bicyclic) bond motifs is 7. The number of rotatable bonds is 11. The summed E-state index contributed by atoms with van der Waals surface area (Å²) >= 11 is 0. The summed E-state index contributed by atoms with van der Waals surface area (Å²) in [5, 5.41) is 12.0. The normalized spacial score (nSPS) is 11.6. The van der Waals surface area contributed by atoms with E-state index in [9.17, 15) is 0 Å². The number of anilines is 3. The second kappa shape index (κ2) is 22.1. The standard InChI is InChI=1S/C88H58N2/c1-5-27-59(28-6-1)67-35-13-15-38-70(67)62-49-55-83-81(57-62)82-58-63(71-39-16-14-36-68(71)60-29-7-2-8-30-60)50-56-84(82)90(83)66-53-51-65(52-54-66)89(64-33-11-4-12-34-64)88-79-47-25-23-45-77(79)87(78-46-24-26-48-80(78)88)86-75-43-21-19-41-73(75)85(74-42-20-22-44-76(74)86)72-40-18-17-37-69(72)61-31-9-3-10-32-61/h1-58H. The van der Waals surface area contributed by atoms with Crippen LogP contribution in [0.1, 0.15) is 0 Å². The first-order chi connectivity index (χ1) is 44.7. The van der Waals surface area contributed by atoms with Crippen molar-refractivity contribution in [3.8, 4) is 83.6 Å². The molecule has 0 aliphatic heterocycles. The Kier molecular flexibility index (Phi) is 12.9. The van der Waals surface area contributed by atoms with Gasteiger partial charge in [-0.05, 0) is 171 Å². The monoisotopic (exact) mass is 1140 g/mol. The van der Waals surface area contributed by atoms with Gasteiger partial charge in [-0.15, -0.1) is 0 Å². The number of nitrogens with zero attached hydrogens (tertiary/aromatic N) is 2. The van der Waals surface area contributed by atoms with Crippen LogP contribution in [0.4, 0.5) is 17.1 Å². The third kappa shape index (κ3) is 8.80. The molecule has 0 unspecified atom stereocenters. The number of aromatic nitrogens is 1. The molecule has 0 N–H and O–H groups in total. The van der Waals surface area contributed by atoms with Gasteiger partial charge in [-0.3, -0.25) is 0 Å². The lowest BCUT2D eigenvalue weighted by atomic mass is 9.81. The zero-order chi connectivity index (χ0) is 59.5. The number of hydrogen-bond donors (Lipinski definition) is 0. The van der Waals surface area contributed by atoms with E-state index in [0.717, 1.165) is 33.8 Å². The average molecular weight is 1140 g/mol. The zero-order valence-electron chi connectivity index (χ0n) is 49.4. The van der Waals surface area contributed by atoms with Crippen molar-refractivity contribution in [2.45, 2.75) is 0 Å². The van der Waals surface area contributed by atoms with Gasteiger partial charge in [-0.25, -0.2) is 0 Å². The number of para-hydroxylation sites is 1. The van der Waals surface area contributed by atoms with Gasteiger partial charge >= 0.3 is 0 Å². The van der Waals surface area contributed by atoms with Gasteiger partial charge in [0.05, 0.1) is 16.7 Å². The molecule has 0 bridgehead atoms. The molecule has 0 saturated heterocycles. The van der Waals surface area contributed by atoms with E-state index in [1.54, 1.807) is 0 Å². The summed E-state index contributed by atoms with van der Waals surface area (Å²) in [6.45, 7) is 0. The predicted molar refractivity (Wildman–Crippen MR) is 384 cm³/mol. The molecule has 17 aromatic rings. The first kappa shape index (κ1) is 52.5. The van der Waals surface area contributed by atoms with Gasteiger partial charge in [-0.1, -0.05) is 291 Å². The molecule has 0 aliphatic rings. The minimum Gasteiger partial charge on any atom is -0.309 e. The maximum absolute atomic E-state index is 2.48. The molecule has 0 radical (unpaired) electrons. The zero-order valence-corrected chi connectivity index (χ0v) is 49.4. The first-order valence-corrected chi connectivity index (χ1v) is 31.1. The first-order valence-electron chi connectivity index (χ1n) is 31.1. The highest BCUT2D eigenvalue weighted by Gasteiger charge is 2.27. The van der Waals surface area contributed by atoms with Gasteiger partial charge in [0, 0.05) is 38.6 Å². The van der Waals surface area contributed by atoms with Gasteiger partial charge in [0.2, 0.25) is 0 Å². The van der Waals surface area contributed by atoms with Gasteiger partial charge in [0.1, 0.15) is 0 Å². The van der Waals surface area contributed by atoms with Crippen molar-refractivity contribution >= 4 is 82.0 Å². The smallest absolute Gasteiger partial charge is 0.0618 e. The maximum Gasteiger partial charge on any atom is 0.0618 e. The van der Waals surface area contributed by atoms with Crippen LogP contribution in [0.25, 0.3) is 148 Å². The summed E-state index contributed by atoms with van der Waals surface area (Å²) in [5.74, 6) is 0. The molecule has 0 saturated carbocycles. The van der Waals surface area contributed by atoms with Crippen LogP contribution in [-0.2, 0) is 0 Å². The van der Waals surface area contributed by atoms with E-state index in [-0.39, 0.29) is 0 Å². The van der Waals surface area contributed by atoms with Crippen molar-refractivity contribution in [2.24, 2.45) is 0 Å². The second-order valence-corrected chi connectivity index (χ2v) is 23.4. The van der Waals surface area contributed by atoms with E-state index >= 15 is 0 Å². The van der Waals surface area contributed by atoms with Crippen LogP contribution in [0.3, 0.4) is 0 Å². The molecule has 2 heteroatoms. The third-order valence-electron chi connectivity index (χ3n) is 18.4. The molecule has 1 aromatic heterocycles. The summed E-state index contributed by atoms with van der Waals surface area (Å²) < 4.78 is 2.46. The lowest BCUT2D eigenvalue weighted by Gasteiger charge is -2.30. The number of hydrogen-bond acceptors (Lipinski definition) is 1. The van der Waals surface area contributed by atoms with Gasteiger partial charge in [-0.2, -0.15) is 0 Å². The molecule has 0 atom stereocenters. The topological polar surface area (TPSA) is 8.17 Å². The Morgan fingerprint density at radius 2 is 0.478 bits per heavy atom. The highest BCUT2D eigenvalue weighted by Crippen LogP contribution is 2.53. The van der Waals surface area contributed by atoms with Crippen molar-refractivity contribution in [3.05, 3.63) is 352 Å². The maximum atomic E-state index is 2.48. The predicted octanol–water partition coefficient (Wildman–Crippen LogP) is 24.5. The van der Waals surface area contributed by atoms with Gasteiger partial charge in [0.25, 0.3) is 0 Å². The fraction of sp³-hybridized carbons (Fsp3) is 0. The van der Waals surface area contributed by atoms with Crippen LogP contribution in [-0.4, -0.2) is 4.57 Å². The molecule has 0 fully saturated rings. The van der Waals surface area contributed by atoms with E-state index < -0.39 is 0 Å². The molecular formula is C88H58N2. The van der Waals surface area contributed by atoms with Crippen molar-refractivity contribution < 1.29 is 0 Å². The Morgan fingerprint density at radius 1 is 0.189 bits per heavy atom. The van der Waals surface area contributed by atoms with Gasteiger partial charge in [0.15, 0.2) is 0 Å². The molecule has 0 spiro atoms. The second-order valence-electron chi connectivity index (χ2n) is 23.4. The lowest BCUT2D eigenvalue weighted by Crippen LogP contribution is -2.11. The van der Waals surface area contributed by atoms with Crippen LogP contribution < -0.4 is 4.90 Å². The van der Waals surface area contributed by atoms with Crippen molar-refractivity contribution in [1.29, 1.82) is 0 Å². The summed E-state index contributed by atoms with van der Waals surface area (Å²) in [4.78, 5) is 2.48. The molecule has 0 amide bonds. The Balaban J connectivity index is 0.857. The molecule has 0 aliphatic carbocycles. The van der Waals surface area contributed by atoms with Crippen LogP contribution in [0.2, 0.25) is 0 Å². The van der Waals surface area contributed by atoms with E-state index in [1.807, 2.05) is 0 Å². The summed E-state index contributed by atoms with van der Waals surface area (Å²) in [6, 6.07) is 129. The Labute approximate surface area is 523 Å². The van der Waals surface area contributed by atoms with Crippen LogP contribution >= 0.6 is 0 Å². The minimum absolute atomic E-state index is 1.06. The van der Waals surface area contributed by atoms with E-state index in [0.29, 0.717) is 0 Å². The molecule has 90 heavy (non-hydrogen) atoms. The van der Waals surface area contributed by atoms with Crippen LogP contribution in [0.5, 0.6) is 0 Å². The largest absolute Gasteiger partial charge is 0.309 e. The van der Waals surface area contributed by atoms with Crippen molar-refractivity contribution in [2.75, 3.05) is 4.90 Å². The molecule has 420 valence electrons. The summed E-state index contributed by atoms with van der Waals surface area (Å²) in [5.41, 5.74) is 23.6. The lowest BCUT2D eigenvalue weighted by molar-refractivity contribution is 1.17. The van der Waals surface area contributed by atoms with Gasteiger partial charge < -0.3 is 9.47 Å². The van der Waals surface area contributed by atoms with Crippen molar-refractivity contribution in [1.82, 2.24) is 4.57 Å². The Bertz CT molecular complexity index is 5320. The molecule has 16 aromatic carbocycles. The molecule has 1 heterocycles. The fourth-order valence-electron chi connectivity index (χ4n) is 14.5. The Morgan fingerprint density at radius 3 is 0.878 bits per heavy atom. The highest BCUT2D eigenvalue weighted by atomic mass is 15.1. The van der Waals surface area contributed by atoms with E-state index in [2.05, 4.69) is 361 Å². The quantitative estimate of drug-likeness (QED) is 0.117. The van der Waals surface area contributed by atoms with E-state index in [4.69, 9.17) is 0 Å². The van der Waals surface area contributed by atoms with E-state index in [1.165, 1.54) is 132 Å². The highest BCUT2D eigenvalue weighted by molar-refractivity contribution is 6.31. The SMILES string of the molecule is c1ccc(-c2ccccc2-c2ccc3c(c2)c2cc(-c4ccccc4-c4ccccc4)ccc2n3-c2ccc(N(c3ccccc3)c3c4ccccc4c(-c4c5ccccc5c(-c5ccccc5-c5ccccc5)c5ccccc45)c4ccccc34)cc2)cc1. The van der Waals surface area contributed by atoms with Crippen LogP contribution in [0.15, 0.2) is 352 Å². The molecular weight excluding hydrogens is 1080 g/mol. The third-order valence-corrected chi connectivity index (χ3v) is 18.4. The summed E-state index contributed by atoms with van der Waals surface area (Å²) in [7, 11) is 0. The number of benzene rings is 16. The molecule has 17 rings (SSSR count). The van der Waals surface area contributed by atoms with Crippen molar-refractivity contribution in [3.63, 3.8) is 0 Å². The average Bonchev–Trinajstić information content (AvgIpc) is 1.02. The Hall–Kier alpha value is -11.8. The summed E-state index contributed by atoms with van der Waals surface area (Å²) in [6.07, 6.45) is 0. The van der Waals surface area contributed by atoms with Crippen LogP contribution in [0, 0.1) is 0 Å². The minimum atomic E-state index is 1.06. The fourth-order valence-corrected chi connectivity index (χ4v) is 14.5.